The Morgan fingerprint density at radius 3 is 2.38 bits per heavy atom. The highest BCUT2D eigenvalue weighted by atomic mass is 16.1. The van der Waals surface area contributed by atoms with Crippen molar-refractivity contribution in [3.8, 4) is 0 Å². The second-order valence-electron chi connectivity index (χ2n) is 3.57. The molecule has 1 amide bonds. The Labute approximate surface area is 95.2 Å². The first-order chi connectivity index (χ1) is 7.61. The van der Waals surface area contributed by atoms with E-state index < -0.39 is 0 Å². The van der Waals surface area contributed by atoms with Gasteiger partial charge in [0.15, 0.2) is 0 Å². The zero-order chi connectivity index (χ0) is 12.0. The van der Waals surface area contributed by atoms with Gasteiger partial charge in [-0.15, -0.1) is 0 Å². The van der Waals surface area contributed by atoms with Crippen LogP contribution in [0, 0.1) is 0 Å². The lowest BCUT2D eigenvalue weighted by Crippen LogP contribution is -2.13. The van der Waals surface area contributed by atoms with E-state index in [2.05, 4.69) is 5.32 Å². The number of hydrogen-bond donors (Lipinski definition) is 1. The first-order valence-corrected chi connectivity index (χ1v) is 5.10. The van der Waals surface area contributed by atoms with Crippen LogP contribution in [0.1, 0.15) is 18.1 Å². The molecule has 0 aliphatic heterocycles. The molecule has 0 saturated carbocycles. The summed E-state index contributed by atoms with van der Waals surface area (Å²) in [4.78, 5) is 21.8. The molecule has 0 spiro atoms. The number of rotatable bonds is 4. The van der Waals surface area contributed by atoms with Crippen LogP contribution in [0.4, 0.5) is 0 Å². The van der Waals surface area contributed by atoms with E-state index in [-0.39, 0.29) is 11.7 Å². The molecule has 3 nitrogen and oxygen atoms in total. The maximum Gasteiger partial charge on any atom is 0.243 e. The molecular weight excluding hydrogens is 202 g/mol. The molecule has 0 radical (unpaired) electrons. The van der Waals surface area contributed by atoms with E-state index in [9.17, 15) is 9.59 Å². The fraction of sp³-hybridized carbons (Fsp3) is 0.231. The quantitative estimate of drug-likeness (QED) is 0.778. The van der Waals surface area contributed by atoms with Crippen LogP contribution >= 0.6 is 0 Å². The van der Waals surface area contributed by atoms with Gasteiger partial charge in [0.25, 0.3) is 0 Å². The molecule has 1 aromatic carbocycles. The third-order valence-electron chi connectivity index (χ3n) is 2.11. The molecule has 0 unspecified atom stereocenters. The summed E-state index contributed by atoms with van der Waals surface area (Å²) in [6.07, 6.45) is 3.66. The summed E-state index contributed by atoms with van der Waals surface area (Å²) in [6.45, 7) is 1.57. The SMILES string of the molecule is CNC(=O)C=Cc1ccc(CC(C)=O)cc1. The zero-order valence-corrected chi connectivity index (χ0v) is 9.49. The van der Waals surface area contributed by atoms with E-state index in [1.165, 1.54) is 6.08 Å². The van der Waals surface area contributed by atoms with E-state index >= 15 is 0 Å². The minimum absolute atomic E-state index is 0.132. The Morgan fingerprint density at radius 2 is 1.88 bits per heavy atom. The number of ketones is 1. The van der Waals surface area contributed by atoms with Crippen LogP contribution in [0.5, 0.6) is 0 Å². The van der Waals surface area contributed by atoms with Gasteiger partial charge < -0.3 is 5.32 Å². The summed E-state index contributed by atoms with van der Waals surface area (Å²) < 4.78 is 0. The third kappa shape index (κ3) is 4.09. The van der Waals surface area contributed by atoms with Crippen LogP contribution in [0.15, 0.2) is 30.3 Å². The van der Waals surface area contributed by atoms with E-state index in [4.69, 9.17) is 0 Å². The van der Waals surface area contributed by atoms with Gasteiger partial charge in [-0.05, 0) is 24.1 Å². The first kappa shape index (κ1) is 12.2. The van der Waals surface area contributed by atoms with Crippen LogP contribution in [-0.4, -0.2) is 18.7 Å². The predicted octanol–water partition coefficient (Wildman–Crippen LogP) is 1.58. The second kappa shape index (κ2) is 5.85. The van der Waals surface area contributed by atoms with Crippen molar-refractivity contribution in [1.82, 2.24) is 5.32 Å². The Bertz CT molecular complexity index is 404. The molecule has 0 aliphatic rings. The Balaban J connectivity index is 2.68. The van der Waals surface area contributed by atoms with Gasteiger partial charge in [0.2, 0.25) is 5.91 Å². The minimum atomic E-state index is -0.132. The molecule has 3 heteroatoms. The fourth-order valence-electron chi connectivity index (χ4n) is 1.29. The van der Waals surface area contributed by atoms with E-state index in [0.717, 1.165) is 11.1 Å². The van der Waals surface area contributed by atoms with Crippen molar-refractivity contribution in [2.45, 2.75) is 13.3 Å². The molecule has 0 aromatic heterocycles. The zero-order valence-electron chi connectivity index (χ0n) is 9.49. The lowest BCUT2D eigenvalue weighted by molar-refractivity contribution is -0.117. The summed E-state index contributed by atoms with van der Waals surface area (Å²) >= 11 is 0. The highest BCUT2D eigenvalue weighted by Crippen LogP contribution is 2.07. The smallest absolute Gasteiger partial charge is 0.243 e. The number of hydrogen-bond acceptors (Lipinski definition) is 2. The Hall–Kier alpha value is -1.90. The van der Waals surface area contributed by atoms with Crippen molar-refractivity contribution in [3.05, 3.63) is 41.5 Å². The Morgan fingerprint density at radius 1 is 1.25 bits per heavy atom. The molecule has 0 atom stereocenters. The van der Waals surface area contributed by atoms with Gasteiger partial charge in [0.05, 0.1) is 0 Å². The van der Waals surface area contributed by atoms with Gasteiger partial charge in [-0.2, -0.15) is 0 Å². The lowest BCUT2D eigenvalue weighted by atomic mass is 10.1. The molecule has 1 aromatic rings. The van der Waals surface area contributed by atoms with Crippen molar-refractivity contribution in [2.75, 3.05) is 7.05 Å². The van der Waals surface area contributed by atoms with Crippen LogP contribution in [0.2, 0.25) is 0 Å². The minimum Gasteiger partial charge on any atom is -0.356 e. The summed E-state index contributed by atoms with van der Waals surface area (Å²) in [5, 5.41) is 2.50. The highest BCUT2D eigenvalue weighted by molar-refractivity contribution is 5.91. The van der Waals surface area contributed by atoms with Crippen molar-refractivity contribution >= 4 is 17.8 Å². The number of carbonyl (C=O) groups is 2. The monoisotopic (exact) mass is 217 g/mol. The molecule has 84 valence electrons. The highest BCUT2D eigenvalue weighted by Gasteiger charge is 1.97. The summed E-state index contributed by atoms with van der Waals surface area (Å²) in [7, 11) is 1.59. The average Bonchev–Trinajstić information content (AvgIpc) is 2.27. The number of nitrogens with one attached hydrogen (secondary N) is 1. The van der Waals surface area contributed by atoms with Crippen LogP contribution in [0.25, 0.3) is 6.08 Å². The summed E-state index contributed by atoms with van der Waals surface area (Å²) in [5.74, 6) is 0.0152. The second-order valence-corrected chi connectivity index (χ2v) is 3.57. The molecule has 0 heterocycles. The number of Topliss-reactive ketones (excluding diaryl/α,β-unsaturated/α-hetero) is 1. The fourth-order valence-corrected chi connectivity index (χ4v) is 1.29. The van der Waals surface area contributed by atoms with Gasteiger partial charge in [0, 0.05) is 19.5 Å². The van der Waals surface area contributed by atoms with E-state index in [0.29, 0.717) is 6.42 Å². The van der Waals surface area contributed by atoms with Gasteiger partial charge in [-0.25, -0.2) is 0 Å². The number of likely N-dealkylation sites (N-methyl/N-ethyl adjacent to an activating group) is 1. The molecule has 0 aliphatic carbocycles. The Kier molecular flexibility index (Phi) is 4.45. The number of benzene rings is 1. The molecule has 1 N–H and O–H groups in total. The molecular formula is C13H15NO2. The molecule has 0 saturated heterocycles. The van der Waals surface area contributed by atoms with Crippen LogP contribution in [0.3, 0.4) is 0 Å². The summed E-state index contributed by atoms with van der Waals surface area (Å²) in [5.41, 5.74) is 1.93. The van der Waals surface area contributed by atoms with Crippen LogP contribution in [-0.2, 0) is 16.0 Å². The van der Waals surface area contributed by atoms with E-state index in [1.54, 1.807) is 20.0 Å². The van der Waals surface area contributed by atoms with Gasteiger partial charge in [-0.1, -0.05) is 24.3 Å². The van der Waals surface area contributed by atoms with Gasteiger partial charge in [-0.3, -0.25) is 9.59 Å². The topological polar surface area (TPSA) is 46.2 Å². The third-order valence-corrected chi connectivity index (χ3v) is 2.11. The van der Waals surface area contributed by atoms with Crippen LogP contribution < -0.4 is 5.32 Å². The predicted molar refractivity (Wildman–Crippen MR) is 63.9 cm³/mol. The largest absolute Gasteiger partial charge is 0.356 e. The van der Waals surface area contributed by atoms with Crippen molar-refractivity contribution in [2.24, 2.45) is 0 Å². The van der Waals surface area contributed by atoms with Crippen molar-refractivity contribution < 1.29 is 9.59 Å². The van der Waals surface area contributed by atoms with E-state index in [1.807, 2.05) is 24.3 Å². The van der Waals surface area contributed by atoms with Gasteiger partial charge in [0.1, 0.15) is 5.78 Å². The maximum atomic E-state index is 11.0. The average molecular weight is 217 g/mol. The maximum absolute atomic E-state index is 11.0. The molecule has 0 fully saturated rings. The molecule has 1 rings (SSSR count). The summed E-state index contributed by atoms with van der Waals surface area (Å²) in [6, 6.07) is 7.56. The van der Waals surface area contributed by atoms with Gasteiger partial charge >= 0.3 is 0 Å². The molecule has 16 heavy (non-hydrogen) atoms. The number of carbonyl (C=O) groups excluding carboxylic acids is 2. The van der Waals surface area contributed by atoms with Crippen molar-refractivity contribution in [1.29, 1.82) is 0 Å². The lowest BCUT2D eigenvalue weighted by Gasteiger charge is -1.98. The van der Waals surface area contributed by atoms with Crippen molar-refractivity contribution in [3.63, 3.8) is 0 Å². The number of amides is 1. The molecule has 0 bridgehead atoms. The first-order valence-electron chi connectivity index (χ1n) is 5.10. The normalized spacial score (nSPS) is 10.4. The standard InChI is InChI=1S/C13H15NO2/c1-10(15)9-12-5-3-11(4-6-12)7-8-13(16)14-2/h3-8H,9H2,1-2H3,(H,14,16).